The van der Waals surface area contributed by atoms with E-state index in [0.29, 0.717) is 0 Å². The van der Waals surface area contributed by atoms with Crippen LogP contribution in [0, 0.1) is 0 Å². The van der Waals surface area contributed by atoms with Crippen LogP contribution in [0.4, 0.5) is 0 Å². The number of carboxylic acids is 1. The van der Waals surface area contributed by atoms with Gasteiger partial charge in [-0.1, -0.05) is 6.58 Å². The summed E-state index contributed by atoms with van der Waals surface area (Å²) >= 11 is 0. The minimum atomic E-state index is -1.21. The van der Waals surface area contributed by atoms with Crippen LogP contribution in [0.1, 0.15) is 6.42 Å². The van der Waals surface area contributed by atoms with Gasteiger partial charge in [0, 0.05) is 6.42 Å². The summed E-state index contributed by atoms with van der Waals surface area (Å²) in [5.41, 5.74) is 10.0. The number of aliphatic carboxylic acids is 1. The molecule has 0 aliphatic rings. The molecule has 0 saturated heterocycles. The van der Waals surface area contributed by atoms with E-state index in [0.717, 1.165) is 0 Å². The lowest BCUT2D eigenvalue weighted by molar-refractivity contribution is -0.137. The molecule has 0 unspecified atom stereocenters. The van der Waals surface area contributed by atoms with Crippen LogP contribution < -0.4 is 11.5 Å². The Balaban J connectivity index is 4.04. The second kappa shape index (κ2) is 3.72. The van der Waals surface area contributed by atoms with Gasteiger partial charge in [-0.05, 0) is 5.57 Å². The van der Waals surface area contributed by atoms with E-state index in [1.54, 1.807) is 0 Å². The van der Waals surface area contributed by atoms with Crippen LogP contribution in [0.2, 0.25) is 0 Å². The number of rotatable bonds is 4. The minimum Gasteiger partial charge on any atom is -0.480 e. The van der Waals surface area contributed by atoms with E-state index in [-0.39, 0.29) is 12.0 Å². The van der Waals surface area contributed by atoms with Crippen molar-refractivity contribution >= 4 is 11.9 Å². The molecular weight excluding hydrogens is 148 g/mol. The van der Waals surface area contributed by atoms with Crippen molar-refractivity contribution in [3.05, 3.63) is 12.2 Å². The fourth-order valence-corrected chi connectivity index (χ4v) is 0.508. The summed E-state index contributed by atoms with van der Waals surface area (Å²) in [4.78, 5) is 20.4. The molecule has 0 aromatic rings. The molecule has 1 atom stereocenters. The van der Waals surface area contributed by atoms with Gasteiger partial charge in [-0.2, -0.15) is 0 Å². The summed E-state index contributed by atoms with van der Waals surface area (Å²) in [5, 5.41) is 8.33. The van der Waals surface area contributed by atoms with Crippen molar-refractivity contribution in [2.45, 2.75) is 12.5 Å². The zero-order chi connectivity index (χ0) is 9.02. The summed E-state index contributed by atoms with van der Waals surface area (Å²) < 4.78 is 0. The molecular formula is C6H10N2O3. The number of nitrogens with two attached hydrogens (primary N) is 2. The molecule has 0 aliphatic heterocycles. The van der Waals surface area contributed by atoms with Gasteiger partial charge in [0.2, 0.25) is 5.91 Å². The highest BCUT2D eigenvalue weighted by Gasteiger charge is 2.16. The Bertz CT molecular complexity index is 200. The zero-order valence-corrected chi connectivity index (χ0v) is 5.91. The van der Waals surface area contributed by atoms with Gasteiger partial charge in [0.15, 0.2) is 0 Å². The van der Waals surface area contributed by atoms with Crippen LogP contribution in [0.3, 0.4) is 0 Å². The summed E-state index contributed by atoms with van der Waals surface area (Å²) in [6.45, 7) is 3.31. The molecule has 0 aliphatic carbocycles. The van der Waals surface area contributed by atoms with E-state index >= 15 is 0 Å². The molecule has 0 aromatic carbocycles. The first kappa shape index (κ1) is 9.64. The largest absolute Gasteiger partial charge is 0.480 e. The monoisotopic (exact) mass is 158 g/mol. The van der Waals surface area contributed by atoms with Crippen molar-refractivity contribution in [2.75, 3.05) is 0 Å². The van der Waals surface area contributed by atoms with Crippen LogP contribution >= 0.6 is 0 Å². The van der Waals surface area contributed by atoms with Gasteiger partial charge in [0.1, 0.15) is 6.04 Å². The van der Waals surface area contributed by atoms with E-state index in [2.05, 4.69) is 6.58 Å². The van der Waals surface area contributed by atoms with E-state index in [9.17, 15) is 9.59 Å². The molecule has 11 heavy (non-hydrogen) atoms. The van der Waals surface area contributed by atoms with Crippen LogP contribution in [-0.4, -0.2) is 23.0 Å². The lowest BCUT2D eigenvalue weighted by Crippen LogP contribution is -2.33. The highest BCUT2D eigenvalue weighted by molar-refractivity contribution is 5.82. The maximum atomic E-state index is 10.2. The molecule has 0 radical (unpaired) electrons. The third-order valence-corrected chi connectivity index (χ3v) is 1.11. The van der Waals surface area contributed by atoms with Crippen molar-refractivity contribution in [3.8, 4) is 0 Å². The molecule has 0 aromatic heterocycles. The van der Waals surface area contributed by atoms with E-state index in [1.165, 1.54) is 0 Å². The number of carbonyl (C=O) groups is 2. The summed E-state index contributed by atoms with van der Waals surface area (Å²) in [5.74, 6) is -1.84. The van der Waals surface area contributed by atoms with Gasteiger partial charge in [-0.15, -0.1) is 0 Å². The quantitative estimate of drug-likeness (QED) is 0.448. The first-order chi connectivity index (χ1) is 4.95. The number of amides is 1. The standard InChI is InChI=1S/C6H10N2O3/c1-3(2-4(7)9)5(8)6(10)11/h5H,1-2,8H2,(H2,7,9)(H,10,11)/t5-/m0/s1. The number of hydrogen-bond donors (Lipinski definition) is 3. The molecule has 0 rings (SSSR count). The minimum absolute atomic E-state index is 0.116. The molecule has 0 bridgehead atoms. The molecule has 0 saturated carbocycles. The third kappa shape index (κ3) is 3.36. The van der Waals surface area contributed by atoms with Gasteiger partial charge in [0.05, 0.1) is 0 Å². The molecule has 5 heteroatoms. The van der Waals surface area contributed by atoms with Crippen molar-refractivity contribution in [1.29, 1.82) is 0 Å². The van der Waals surface area contributed by atoms with Crippen molar-refractivity contribution in [3.63, 3.8) is 0 Å². The summed E-state index contributed by atoms with van der Waals surface area (Å²) in [6.07, 6.45) is -0.187. The molecule has 62 valence electrons. The maximum Gasteiger partial charge on any atom is 0.324 e. The van der Waals surface area contributed by atoms with Gasteiger partial charge < -0.3 is 16.6 Å². The van der Waals surface area contributed by atoms with Gasteiger partial charge >= 0.3 is 5.97 Å². The maximum absolute atomic E-state index is 10.2. The van der Waals surface area contributed by atoms with Crippen LogP contribution in [0.5, 0.6) is 0 Å². The first-order valence-corrected chi connectivity index (χ1v) is 2.89. The number of primary amides is 1. The van der Waals surface area contributed by atoms with Gasteiger partial charge in [-0.25, -0.2) is 0 Å². The average molecular weight is 158 g/mol. The van der Waals surface area contributed by atoms with Crippen LogP contribution in [-0.2, 0) is 9.59 Å². The Morgan fingerprint density at radius 1 is 1.55 bits per heavy atom. The smallest absolute Gasteiger partial charge is 0.324 e. The first-order valence-electron chi connectivity index (χ1n) is 2.89. The van der Waals surface area contributed by atoms with E-state index in [1.807, 2.05) is 0 Å². The predicted molar refractivity (Wildman–Crippen MR) is 38.6 cm³/mol. The molecule has 5 N–H and O–H groups in total. The number of carbonyl (C=O) groups excluding carboxylic acids is 1. The van der Waals surface area contributed by atoms with Gasteiger partial charge in [-0.3, -0.25) is 9.59 Å². The fraction of sp³-hybridized carbons (Fsp3) is 0.333. The average Bonchev–Trinajstić information content (AvgIpc) is 1.84. The second-order valence-electron chi connectivity index (χ2n) is 2.12. The van der Waals surface area contributed by atoms with Crippen molar-refractivity contribution in [2.24, 2.45) is 11.5 Å². The summed E-state index contributed by atoms with van der Waals surface area (Å²) in [7, 11) is 0. The highest BCUT2D eigenvalue weighted by Crippen LogP contribution is 2.01. The molecule has 1 amide bonds. The molecule has 0 heterocycles. The van der Waals surface area contributed by atoms with Crippen molar-refractivity contribution < 1.29 is 14.7 Å². The SMILES string of the molecule is C=C(CC(N)=O)[C@H](N)C(=O)O. The topological polar surface area (TPSA) is 106 Å². The normalized spacial score (nSPS) is 12.1. The Morgan fingerprint density at radius 3 is 2.27 bits per heavy atom. The lowest BCUT2D eigenvalue weighted by atomic mass is 10.1. The second-order valence-corrected chi connectivity index (χ2v) is 2.12. The Morgan fingerprint density at radius 2 is 2.00 bits per heavy atom. The number of carboxylic acid groups (broad SMARTS) is 1. The van der Waals surface area contributed by atoms with Gasteiger partial charge in [0.25, 0.3) is 0 Å². The molecule has 0 spiro atoms. The molecule has 0 fully saturated rings. The highest BCUT2D eigenvalue weighted by atomic mass is 16.4. The van der Waals surface area contributed by atoms with E-state index in [4.69, 9.17) is 16.6 Å². The van der Waals surface area contributed by atoms with Crippen molar-refractivity contribution in [1.82, 2.24) is 0 Å². The molecule has 5 nitrogen and oxygen atoms in total. The van der Waals surface area contributed by atoms with Crippen LogP contribution in [0.25, 0.3) is 0 Å². The summed E-state index contributed by atoms with van der Waals surface area (Å²) in [6, 6.07) is -1.21. The Hall–Kier alpha value is -1.36. The predicted octanol–water partition coefficient (Wildman–Crippen LogP) is -1.17. The fourth-order valence-electron chi connectivity index (χ4n) is 0.508. The zero-order valence-electron chi connectivity index (χ0n) is 5.91. The van der Waals surface area contributed by atoms with E-state index < -0.39 is 17.9 Å². The Labute approximate surface area is 63.7 Å². The van der Waals surface area contributed by atoms with Crippen LogP contribution in [0.15, 0.2) is 12.2 Å². The third-order valence-electron chi connectivity index (χ3n) is 1.11. The lowest BCUT2D eigenvalue weighted by Gasteiger charge is -2.06. The number of hydrogen-bond acceptors (Lipinski definition) is 3. The Kier molecular flexibility index (Phi) is 3.26.